The standard InChI is InChI=1S/C14H27NO3/c1-3-8-12(13(17)18-4-2)15-14(11-16)9-6-5-7-10-14/h12,15-16H,3-11H2,1-2H3. The number of rotatable bonds is 7. The predicted molar refractivity (Wildman–Crippen MR) is 71.4 cm³/mol. The molecule has 1 unspecified atom stereocenters. The van der Waals surface area contributed by atoms with E-state index in [1.165, 1.54) is 6.42 Å². The SMILES string of the molecule is CCCC(NC1(CO)CCCCC1)C(=O)OCC. The second-order valence-corrected chi connectivity index (χ2v) is 5.24. The van der Waals surface area contributed by atoms with Crippen molar-refractivity contribution in [3.05, 3.63) is 0 Å². The van der Waals surface area contributed by atoms with Crippen LogP contribution in [0.2, 0.25) is 0 Å². The molecule has 18 heavy (non-hydrogen) atoms. The van der Waals surface area contributed by atoms with Gasteiger partial charge in [0.25, 0.3) is 0 Å². The Bertz CT molecular complexity index is 249. The van der Waals surface area contributed by atoms with Crippen LogP contribution in [0.4, 0.5) is 0 Å². The minimum atomic E-state index is -0.278. The van der Waals surface area contributed by atoms with Crippen LogP contribution in [0.3, 0.4) is 0 Å². The van der Waals surface area contributed by atoms with Crippen LogP contribution in [-0.4, -0.2) is 35.9 Å². The number of aliphatic hydroxyl groups excluding tert-OH is 1. The van der Waals surface area contributed by atoms with Gasteiger partial charge in [0.05, 0.1) is 13.2 Å². The van der Waals surface area contributed by atoms with Crippen molar-refractivity contribution in [3.63, 3.8) is 0 Å². The van der Waals surface area contributed by atoms with E-state index in [0.717, 1.165) is 38.5 Å². The minimum Gasteiger partial charge on any atom is -0.465 e. The third-order valence-corrected chi connectivity index (χ3v) is 3.74. The molecule has 0 heterocycles. The number of carbonyl (C=O) groups excluding carboxylic acids is 1. The second-order valence-electron chi connectivity index (χ2n) is 5.24. The smallest absolute Gasteiger partial charge is 0.323 e. The largest absolute Gasteiger partial charge is 0.465 e. The number of carbonyl (C=O) groups is 1. The van der Waals surface area contributed by atoms with E-state index in [9.17, 15) is 9.90 Å². The zero-order valence-electron chi connectivity index (χ0n) is 11.7. The molecule has 0 aromatic heterocycles. The molecule has 1 aliphatic rings. The number of hydrogen-bond donors (Lipinski definition) is 2. The summed E-state index contributed by atoms with van der Waals surface area (Å²) in [6.45, 7) is 4.39. The third kappa shape index (κ3) is 4.25. The van der Waals surface area contributed by atoms with Crippen LogP contribution in [0.15, 0.2) is 0 Å². The van der Waals surface area contributed by atoms with Crippen molar-refractivity contribution < 1.29 is 14.6 Å². The van der Waals surface area contributed by atoms with Gasteiger partial charge >= 0.3 is 5.97 Å². The van der Waals surface area contributed by atoms with Crippen LogP contribution in [0.1, 0.15) is 58.8 Å². The van der Waals surface area contributed by atoms with Crippen LogP contribution in [0.5, 0.6) is 0 Å². The Kier molecular flexibility index (Phi) is 6.65. The monoisotopic (exact) mass is 257 g/mol. The van der Waals surface area contributed by atoms with Crippen LogP contribution in [0.25, 0.3) is 0 Å². The van der Waals surface area contributed by atoms with Crippen molar-refractivity contribution in [3.8, 4) is 0 Å². The van der Waals surface area contributed by atoms with Crippen molar-refractivity contribution in [2.24, 2.45) is 0 Å². The molecule has 0 saturated heterocycles. The molecule has 106 valence electrons. The summed E-state index contributed by atoms with van der Waals surface area (Å²) in [7, 11) is 0. The molecule has 0 aromatic carbocycles. The first-order valence-electron chi connectivity index (χ1n) is 7.22. The van der Waals surface area contributed by atoms with Crippen LogP contribution < -0.4 is 5.32 Å². The fraction of sp³-hybridized carbons (Fsp3) is 0.929. The molecular weight excluding hydrogens is 230 g/mol. The Balaban J connectivity index is 2.64. The Hall–Kier alpha value is -0.610. The summed E-state index contributed by atoms with van der Waals surface area (Å²) >= 11 is 0. The fourth-order valence-corrected chi connectivity index (χ4v) is 2.73. The van der Waals surface area contributed by atoms with Crippen LogP contribution in [-0.2, 0) is 9.53 Å². The maximum atomic E-state index is 11.9. The number of ether oxygens (including phenoxy) is 1. The number of nitrogens with one attached hydrogen (secondary N) is 1. The second kappa shape index (κ2) is 7.74. The molecule has 1 fully saturated rings. The highest BCUT2D eigenvalue weighted by molar-refractivity contribution is 5.75. The highest BCUT2D eigenvalue weighted by atomic mass is 16.5. The quantitative estimate of drug-likeness (QED) is 0.685. The van der Waals surface area contributed by atoms with Gasteiger partial charge in [0.15, 0.2) is 0 Å². The van der Waals surface area contributed by atoms with Crippen molar-refractivity contribution in [2.75, 3.05) is 13.2 Å². The van der Waals surface area contributed by atoms with E-state index in [1.54, 1.807) is 0 Å². The Morgan fingerprint density at radius 2 is 2.00 bits per heavy atom. The van der Waals surface area contributed by atoms with Gasteiger partial charge in [0.1, 0.15) is 6.04 Å². The molecule has 0 aliphatic heterocycles. The van der Waals surface area contributed by atoms with Crippen molar-refractivity contribution in [2.45, 2.75) is 70.4 Å². The van der Waals surface area contributed by atoms with Gasteiger partial charge in [-0.25, -0.2) is 0 Å². The summed E-state index contributed by atoms with van der Waals surface area (Å²) in [6, 6.07) is -0.278. The predicted octanol–water partition coefficient (Wildman–Crippen LogP) is 2.00. The lowest BCUT2D eigenvalue weighted by Gasteiger charge is -2.39. The van der Waals surface area contributed by atoms with Gasteiger partial charge in [0, 0.05) is 5.54 Å². The van der Waals surface area contributed by atoms with Crippen molar-refractivity contribution in [1.29, 1.82) is 0 Å². The summed E-state index contributed by atoms with van der Waals surface area (Å²) in [5.41, 5.74) is -0.273. The van der Waals surface area contributed by atoms with Crippen molar-refractivity contribution >= 4 is 5.97 Å². The third-order valence-electron chi connectivity index (χ3n) is 3.74. The summed E-state index contributed by atoms with van der Waals surface area (Å²) in [6.07, 6.45) is 7.05. The first-order valence-corrected chi connectivity index (χ1v) is 7.22. The summed E-state index contributed by atoms with van der Waals surface area (Å²) < 4.78 is 5.10. The lowest BCUT2D eigenvalue weighted by molar-refractivity contribution is -0.146. The molecule has 0 radical (unpaired) electrons. The number of esters is 1. The van der Waals surface area contributed by atoms with Gasteiger partial charge in [-0.15, -0.1) is 0 Å². The molecular formula is C14H27NO3. The zero-order chi connectivity index (χ0) is 13.4. The first-order chi connectivity index (χ1) is 8.67. The average Bonchev–Trinajstić information content (AvgIpc) is 2.39. The molecule has 0 aromatic rings. The van der Waals surface area contributed by atoms with Crippen LogP contribution >= 0.6 is 0 Å². The summed E-state index contributed by atoms with van der Waals surface area (Å²) in [5, 5.41) is 13.0. The number of aliphatic hydroxyl groups is 1. The molecule has 1 rings (SSSR count). The Morgan fingerprint density at radius 1 is 1.33 bits per heavy atom. The Morgan fingerprint density at radius 3 is 2.50 bits per heavy atom. The molecule has 1 saturated carbocycles. The molecule has 0 bridgehead atoms. The van der Waals surface area contributed by atoms with Gasteiger partial charge in [-0.1, -0.05) is 32.6 Å². The maximum Gasteiger partial charge on any atom is 0.323 e. The molecule has 0 amide bonds. The molecule has 0 spiro atoms. The van der Waals surface area contributed by atoms with Gasteiger partial charge in [-0.2, -0.15) is 0 Å². The molecule has 4 nitrogen and oxygen atoms in total. The van der Waals surface area contributed by atoms with Crippen molar-refractivity contribution in [1.82, 2.24) is 5.32 Å². The average molecular weight is 257 g/mol. The fourth-order valence-electron chi connectivity index (χ4n) is 2.73. The topological polar surface area (TPSA) is 58.6 Å². The van der Waals surface area contributed by atoms with E-state index < -0.39 is 0 Å². The zero-order valence-corrected chi connectivity index (χ0v) is 11.7. The summed E-state index contributed by atoms with van der Waals surface area (Å²) in [5.74, 6) is -0.183. The lowest BCUT2D eigenvalue weighted by atomic mass is 9.81. The normalized spacial score (nSPS) is 20.4. The molecule has 4 heteroatoms. The van der Waals surface area contributed by atoms with Crippen LogP contribution in [0, 0.1) is 0 Å². The Labute approximate surface area is 110 Å². The lowest BCUT2D eigenvalue weighted by Crippen LogP contribution is -2.56. The number of hydrogen-bond acceptors (Lipinski definition) is 4. The van der Waals surface area contributed by atoms with E-state index >= 15 is 0 Å². The van der Waals surface area contributed by atoms with Gasteiger partial charge in [-0.3, -0.25) is 10.1 Å². The van der Waals surface area contributed by atoms with E-state index in [2.05, 4.69) is 12.2 Å². The molecule has 1 atom stereocenters. The minimum absolute atomic E-state index is 0.104. The van der Waals surface area contributed by atoms with Gasteiger partial charge in [0.2, 0.25) is 0 Å². The van der Waals surface area contributed by atoms with Gasteiger partial charge < -0.3 is 9.84 Å². The molecule has 1 aliphatic carbocycles. The highest BCUT2D eigenvalue weighted by Crippen LogP contribution is 2.28. The van der Waals surface area contributed by atoms with Gasteiger partial charge in [-0.05, 0) is 26.2 Å². The summed E-state index contributed by atoms with van der Waals surface area (Å²) in [4.78, 5) is 11.9. The first kappa shape index (κ1) is 15.4. The van der Waals surface area contributed by atoms with E-state index in [0.29, 0.717) is 6.61 Å². The molecule has 2 N–H and O–H groups in total. The van der Waals surface area contributed by atoms with E-state index in [-0.39, 0.29) is 24.2 Å². The highest BCUT2D eigenvalue weighted by Gasteiger charge is 2.35. The maximum absolute atomic E-state index is 11.9. The van der Waals surface area contributed by atoms with E-state index in [4.69, 9.17) is 4.74 Å². The van der Waals surface area contributed by atoms with E-state index in [1.807, 2.05) is 6.92 Å².